The van der Waals surface area contributed by atoms with E-state index in [1.165, 1.54) is 30.1 Å². The molecule has 2 heteroatoms. The molecule has 0 spiro atoms. The fourth-order valence-electron chi connectivity index (χ4n) is 2.02. The topological polar surface area (TPSA) is 9.23 Å². The lowest BCUT2D eigenvalue weighted by Crippen LogP contribution is -2.29. The van der Waals surface area contributed by atoms with Crippen LogP contribution in [0.4, 0.5) is 0 Å². The number of ether oxygens (including phenoxy) is 1. The predicted molar refractivity (Wildman–Crippen MR) is 60.8 cm³/mol. The quantitative estimate of drug-likeness (QED) is 0.570. The summed E-state index contributed by atoms with van der Waals surface area (Å²) >= 11 is 2.51. The Bertz CT molecular complexity index is 128. The second-order valence-electron chi connectivity index (χ2n) is 4.34. The summed E-state index contributed by atoms with van der Waals surface area (Å²) in [7, 11) is 1.82. The van der Waals surface area contributed by atoms with E-state index in [2.05, 4.69) is 29.5 Å². The predicted octanol–water partition coefficient (Wildman–Crippen LogP) is 3.26. The van der Waals surface area contributed by atoms with Gasteiger partial charge in [-0.15, -0.1) is 0 Å². The average Bonchev–Trinajstić information content (AvgIpc) is 2.06. The van der Waals surface area contributed by atoms with Crippen molar-refractivity contribution in [2.24, 2.45) is 11.3 Å². The molecule has 0 heterocycles. The number of halogens is 1. The molecule has 0 amide bonds. The van der Waals surface area contributed by atoms with Gasteiger partial charge in [0.25, 0.3) is 0 Å². The maximum atomic E-state index is 5.25. The lowest BCUT2D eigenvalue weighted by Gasteiger charge is -2.36. The Morgan fingerprint density at radius 3 is 2.42 bits per heavy atom. The Morgan fingerprint density at radius 2 is 2.00 bits per heavy atom. The molecule has 0 aliphatic heterocycles. The van der Waals surface area contributed by atoms with Gasteiger partial charge in [-0.25, -0.2) is 0 Å². The summed E-state index contributed by atoms with van der Waals surface area (Å²) < 4.78 is 6.59. The SMILES string of the molecule is COCC1(C)CCC(CI)CC1. The number of hydrogen-bond acceptors (Lipinski definition) is 1. The standard InChI is InChI=1S/C10H19IO/c1-10(8-12-2)5-3-9(7-11)4-6-10/h9H,3-8H2,1-2H3. The molecule has 0 unspecified atom stereocenters. The molecule has 72 valence electrons. The summed E-state index contributed by atoms with van der Waals surface area (Å²) in [5, 5.41) is 0. The van der Waals surface area contributed by atoms with Gasteiger partial charge in [0, 0.05) is 11.5 Å². The maximum absolute atomic E-state index is 5.25. The van der Waals surface area contributed by atoms with Gasteiger partial charge in [-0.3, -0.25) is 0 Å². The number of hydrogen-bond donors (Lipinski definition) is 0. The first-order chi connectivity index (χ1) is 5.70. The van der Waals surface area contributed by atoms with E-state index in [9.17, 15) is 0 Å². The van der Waals surface area contributed by atoms with E-state index in [0.29, 0.717) is 5.41 Å². The van der Waals surface area contributed by atoms with Crippen molar-refractivity contribution in [2.45, 2.75) is 32.6 Å². The lowest BCUT2D eigenvalue weighted by atomic mass is 9.73. The molecule has 0 radical (unpaired) electrons. The van der Waals surface area contributed by atoms with Crippen LogP contribution in [-0.4, -0.2) is 18.1 Å². The number of alkyl halides is 1. The van der Waals surface area contributed by atoms with Crippen LogP contribution in [0.15, 0.2) is 0 Å². The second kappa shape index (κ2) is 4.80. The molecule has 0 aromatic heterocycles. The van der Waals surface area contributed by atoms with Crippen LogP contribution in [0.1, 0.15) is 32.6 Å². The van der Waals surface area contributed by atoms with E-state index in [-0.39, 0.29) is 0 Å². The van der Waals surface area contributed by atoms with E-state index in [1.54, 1.807) is 0 Å². The molecule has 1 nitrogen and oxygen atoms in total. The van der Waals surface area contributed by atoms with Gasteiger partial charge in [0.15, 0.2) is 0 Å². The molecule has 0 aromatic rings. The smallest absolute Gasteiger partial charge is 0.0515 e. The molecule has 1 rings (SSSR count). The lowest BCUT2D eigenvalue weighted by molar-refractivity contribution is 0.0528. The zero-order chi connectivity index (χ0) is 9.03. The Hall–Kier alpha value is 0.690. The van der Waals surface area contributed by atoms with Gasteiger partial charge in [0.2, 0.25) is 0 Å². The summed E-state index contributed by atoms with van der Waals surface area (Å²) in [6, 6.07) is 0. The van der Waals surface area contributed by atoms with Gasteiger partial charge in [-0.05, 0) is 37.0 Å². The van der Waals surface area contributed by atoms with E-state index >= 15 is 0 Å². The van der Waals surface area contributed by atoms with E-state index in [1.807, 2.05) is 7.11 Å². The Balaban J connectivity index is 2.33. The molecular weight excluding hydrogens is 263 g/mol. The first-order valence-electron chi connectivity index (χ1n) is 4.75. The van der Waals surface area contributed by atoms with Crippen molar-refractivity contribution >= 4 is 22.6 Å². The third-order valence-electron chi connectivity index (χ3n) is 3.02. The van der Waals surface area contributed by atoms with Crippen LogP contribution in [0.5, 0.6) is 0 Å². The molecule has 0 bridgehead atoms. The van der Waals surface area contributed by atoms with Crippen LogP contribution in [-0.2, 0) is 4.74 Å². The zero-order valence-corrected chi connectivity index (χ0v) is 10.3. The fraction of sp³-hybridized carbons (Fsp3) is 1.00. The third kappa shape index (κ3) is 2.87. The summed E-state index contributed by atoms with van der Waals surface area (Å²) in [6.45, 7) is 3.31. The summed E-state index contributed by atoms with van der Waals surface area (Å²) in [5.41, 5.74) is 0.483. The highest BCUT2D eigenvalue weighted by Gasteiger charge is 2.30. The Labute approximate surface area is 89.4 Å². The average molecular weight is 282 g/mol. The van der Waals surface area contributed by atoms with E-state index in [4.69, 9.17) is 4.74 Å². The largest absolute Gasteiger partial charge is 0.384 e. The highest BCUT2D eigenvalue weighted by molar-refractivity contribution is 14.1. The fourth-order valence-corrected chi connectivity index (χ4v) is 2.90. The van der Waals surface area contributed by atoms with Crippen LogP contribution < -0.4 is 0 Å². The van der Waals surface area contributed by atoms with Crippen molar-refractivity contribution in [1.29, 1.82) is 0 Å². The summed E-state index contributed by atoms with van der Waals surface area (Å²) in [4.78, 5) is 0. The van der Waals surface area contributed by atoms with Gasteiger partial charge in [-0.2, -0.15) is 0 Å². The molecule has 1 aliphatic rings. The van der Waals surface area contributed by atoms with Gasteiger partial charge >= 0.3 is 0 Å². The minimum absolute atomic E-state index is 0.483. The molecule has 1 fully saturated rings. The zero-order valence-electron chi connectivity index (χ0n) is 8.11. The summed E-state index contributed by atoms with van der Waals surface area (Å²) in [5.74, 6) is 0.982. The summed E-state index contributed by atoms with van der Waals surface area (Å²) in [6.07, 6.45) is 5.52. The molecular formula is C10H19IO. The maximum Gasteiger partial charge on any atom is 0.0515 e. The van der Waals surface area contributed by atoms with E-state index in [0.717, 1.165) is 12.5 Å². The number of rotatable bonds is 3. The molecule has 1 saturated carbocycles. The number of methoxy groups -OCH3 is 1. The molecule has 0 N–H and O–H groups in total. The molecule has 1 aliphatic carbocycles. The molecule has 0 aromatic carbocycles. The normalized spacial score (nSPS) is 36.8. The highest BCUT2D eigenvalue weighted by Crippen LogP contribution is 2.39. The van der Waals surface area contributed by atoms with Gasteiger partial charge in [0.05, 0.1) is 6.61 Å². The van der Waals surface area contributed by atoms with E-state index < -0.39 is 0 Å². The van der Waals surface area contributed by atoms with Gasteiger partial charge in [-0.1, -0.05) is 29.5 Å². The van der Waals surface area contributed by atoms with Crippen molar-refractivity contribution in [1.82, 2.24) is 0 Å². The van der Waals surface area contributed by atoms with Crippen LogP contribution >= 0.6 is 22.6 Å². The van der Waals surface area contributed by atoms with Crippen LogP contribution in [0, 0.1) is 11.3 Å². The minimum atomic E-state index is 0.483. The first-order valence-corrected chi connectivity index (χ1v) is 6.28. The van der Waals surface area contributed by atoms with Gasteiger partial charge < -0.3 is 4.74 Å². The Morgan fingerprint density at radius 1 is 1.42 bits per heavy atom. The monoisotopic (exact) mass is 282 g/mol. The highest BCUT2D eigenvalue weighted by atomic mass is 127. The van der Waals surface area contributed by atoms with Crippen molar-refractivity contribution in [3.63, 3.8) is 0 Å². The van der Waals surface area contributed by atoms with Crippen molar-refractivity contribution < 1.29 is 4.74 Å². The van der Waals surface area contributed by atoms with Gasteiger partial charge in [0.1, 0.15) is 0 Å². The van der Waals surface area contributed by atoms with Crippen molar-refractivity contribution in [3.8, 4) is 0 Å². The molecule has 12 heavy (non-hydrogen) atoms. The molecule has 0 saturated heterocycles. The Kier molecular flexibility index (Phi) is 4.30. The first kappa shape index (κ1) is 10.8. The second-order valence-corrected chi connectivity index (χ2v) is 5.22. The van der Waals surface area contributed by atoms with Crippen LogP contribution in [0.2, 0.25) is 0 Å². The minimum Gasteiger partial charge on any atom is -0.384 e. The van der Waals surface area contributed by atoms with Crippen molar-refractivity contribution in [2.75, 3.05) is 18.1 Å². The molecule has 0 atom stereocenters. The third-order valence-corrected chi connectivity index (χ3v) is 4.27. The van der Waals surface area contributed by atoms with Crippen LogP contribution in [0.25, 0.3) is 0 Å². The van der Waals surface area contributed by atoms with Crippen molar-refractivity contribution in [3.05, 3.63) is 0 Å². The van der Waals surface area contributed by atoms with Crippen LogP contribution in [0.3, 0.4) is 0 Å².